The van der Waals surface area contributed by atoms with Crippen molar-refractivity contribution in [3.63, 3.8) is 0 Å². The molecule has 0 saturated carbocycles. The molecule has 2 heterocycles. The van der Waals surface area contributed by atoms with Crippen molar-refractivity contribution >= 4 is 45.5 Å². The van der Waals surface area contributed by atoms with Crippen LogP contribution in [0.15, 0.2) is 51.8 Å². The minimum absolute atomic E-state index is 0.0398. The van der Waals surface area contributed by atoms with E-state index < -0.39 is 23.7 Å². The highest BCUT2D eigenvalue weighted by Crippen LogP contribution is 2.34. The third-order valence-corrected chi connectivity index (χ3v) is 6.86. The average molecular weight is 537 g/mol. The normalized spacial score (nSPS) is 14.2. The van der Waals surface area contributed by atoms with Gasteiger partial charge in [-0.25, -0.2) is 14.4 Å². The molecule has 9 heteroatoms. The fourth-order valence-electron chi connectivity index (χ4n) is 4.87. The van der Waals surface area contributed by atoms with E-state index in [0.29, 0.717) is 17.6 Å². The number of carbonyl (C=O) groups is 2. The van der Waals surface area contributed by atoms with Gasteiger partial charge in [-0.1, -0.05) is 29.8 Å². The Morgan fingerprint density at radius 3 is 2.61 bits per heavy atom. The Bertz CT molecular complexity index is 1600. The van der Waals surface area contributed by atoms with Crippen LogP contribution in [0.4, 0.5) is 4.79 Å². The number of esters is 1. The summed E-state index contributed by atoms with van der Waals surface area (Å²) in [6, 6.07) is 9.71. The largest absolute Gasteiger partial charge is 0.444 e. The molecule has 8 nitrogen and oxygen atoms in total. The summed E-state index contributed by atoms with van der Waals surface area (Å²) in [5.74, 6) is -0.694. The quantitative estimate of drug-likeness (QED) is 0.188. The lowest BCUT2D eigenvalue weighted by molar-refractivity contribution is -0.136. The number of para-hydroxylation sites is 1. The first kappa shape index (κ1) is 25.9. The molecule has 38 heavy (non-hydrogen) atoms. The molecule has 1 aliphatic rings. The van der Waals surface area contributed by atoms with Gasteiger partial charge in [0, 0.05) is 40.5 Å². The number of hydrogen-bond donors (Lipinski definition) is 2. The number of alkyl carbamates (subject to hydrolysis) is 1. The second-order valence-corrected chi connectivity index (χ2v) is 10.9. The molecule has 5 rings (SSSR count). The molecule has 4 aromatic rings. The van der Waals surface area contributed by atoms with E-state index in [1.54, 1.807) is 33.0 Å². The SMILES string of the molecule is CC(C)(C)OC(=O)N[C@H](Cc1c[nH]c2ccccc12)C(=O)Oc1cc2oc(=O)c3c(c2cc1Cl)CCCC3. The van der Waals surface area contributed by atoms with E-state index in [-0.39, 0.29) is 22.8 Å². The highest BCUT2D eigenvalue weighted by Gasteiger charge is 2.28. The van der Waals surface area contributed by atoms with Gasteiger partial charge in [0.1, 0.15) is 17.2 Å². The number of amides is 1. The molecule has 0 saturated heterocycles. The second kappa shape index (κ2) is 10.2. The minimum Gasteiger partial charge on any atom is -0.444 e. The van der Waals surface area contributed by atoms with Crippen LogP contribution in [0.25, 0.3) is 21.9 Å². The zero-order chi connectivity index (χ0) is 27.0. The number of rotatable bonds is 5. The van der Waals surface area contributed by atoms with Crippen LogP contribution in [0.3, 0.4) is 0 Å². The van der Waals surface area contributed by atoms with Crippen LogP contribution in [0, 0.1) is 0 Å². The summed E-state index contributed by atoms with van der Waals surface area (Å²) in [4.78, 5) is 41.7. The lowest BCUT2D eigenvalue weighted by Crippen LogP contribution is -2.46. The lowest BCUT2D eigenvalue weighted by Gasteiger charge is -2.23. The van der Waals surface area contributed by atoms with Gasteiger partial charge in [-0.3, -0.25) is 0 Å². The smallest absolute Gasteiger partial charge is 0.408 e. The van der Waals surface area contributed by atoms with Crippen molar-refractivity contribution in [2.45, 2.75) is 64.5 Å². The Hall–Kier alpha value is -3.78. The van der Waals surface area contributed by atoms with Crippen LogP contribution >= 0.6 is 11.6 Å². The van der Waals surface area contributed by atoms with Crippen molar-refractivity contribution in [3.8, 4) is 5.75 Å². The Balaban J connectivity index is 1.45. The van der Waals surface area contributed by atoms with Crippen LogP contribution in [-0.4, -0.2) is 28.7 Å². The number of ether oxygens (including phenoxy) is 2. The minimum atomic E-state index is -1.08. The van der Waals surface area contributed by atoms with Gasteiger partial charge in [0.05, 0.1) is 5.02 Å². The highest BCUT2D eigenvalue weighted by molar-refractivity contribution is 6.33. The molecule has 198 valence electrons. The number of nitrogens with one attached hydrogen (secondary N) is 2. The van der Waals surface area contributed by atoms with Gasteiger partial charge in [-0.15, -0.1) is 0 Å². The number of benzene rings is 2. The molecular formula is C29H29ClN2O6. The van der Waals surface area contributed by atoms with Crippen molar-refractivity contribution in [1.29, 1.82) is 0 Å². The van der Waals surface area contributed by atoms with Crippen molar-refractivity contribution in [2.24, 2.45) is 0 Å². The van der Waals surface area contributed by atoms with E-state index >= 15 is 0 Å². The fourth-order valence-corrected chi connectivity index (χ4v) is 5.07. The number of fused-ring (bicyclic) bond motifs is 4. The number of hydrogen-bond acceptors (Lipinski definition) is 6. The van der Waals surface area contributed by atoms with Gasteiger partial charge in [-0.2, -0.15) is 0 Å². The molecule has 0 aliphatic heterocycles. The van der Waals surface area contributed by atoms with Crippen LogP contribution in [0.1, 0.15) is 50.3 Å². The second-order valence-electron chi connectivity index (χ2n) is 10.5. The van der Waals surface area contributed by atoms with Gasteiger partial charge in [-0.05, 0) is 69.7 Å². The van der Waals surface area contributed by atoms with E-state index in [9.17, 15) is 14.4 Å². The fraction of sp³-hybridized carbons (Fsp3) is 0.345. The van der Waals surface area contributed by atoms with Gasteiger partial charge in [0.15, 0.2) is 5.75 Å². The summed E-state index contributed by atoms with van der Waals surface area (Å²) in [6.07, 6.45) is 4.55. The average Bonchev–Trinajstić information content (AvgIpc) is 3.26. The van der Waals surface area contributed by atoms with Crippen molar-refractivity contribution in [1.82, 2.24) is 10.3 Å². The number of halogens is 1. The molecule has 2 aromatic heterocycles. The number of aryl methyl sites for hydroxylation is 1. The first-order valence-electron chi connectivity index (χ1n) is 12.6. The third-order valence-electron chi connectivity index (χ3n) is 6.56. The van der Waals surface area contributed by atoms with E-state index in [1.165, 1.54) is 6.07 Å². The summed E-state index contributed by atoms with van der Waals surface area (Å²) in [7, 11) is 0. The van der Waals surface area contributed by atoms with Crippen LogP contribution in [-0.2, 0) is 28.8 Å². The van der Waals surface area contributed by atoms with E-state index in [0.717, 1.165) is 46.7 Å². The Morgan fingerprint density at radius 1 is 1.11 bits per heavy atom. The standard InChI is InChI=1S/C29H29ClN2O6/c1-29(2,3)38-28(35)32-23(12-16-15-31-22-11-7-6-8-17(16)22)27(34)37-25-14-24-20(13-21(25)30)18-9-4-5-10-19(18)26(33)36-24/h6-8,11,13-15,23,31H,4-5,9-10,12H2,1-3H3,(H,32,35)/t23-/m1/s1. The summed E-state index contributed by atoms with van der Waals surface area (Å²) in [6.45, 7) is 5.21. The molecular weight excluding hydrogens is 508 g/mol. The molecule has 0 fully saturated rings. The number of aromatic nitrogens is 1. The van der Waals surface area contributed by atoms with E-state index in [2.05, 4.69) is 10.3 Å². The van der Waals surface area contributed by atoms with Crippen LogP contribution in [0.2, 0.25) is 5.02 Å². The molecule has 0 spiro atoms. The maximum atomic E-state index is 13.4. The summed E-state index contributed by atoms with van der Waals surface area (Å²) in [5.41, 5.74) is 2.52. The summed E-state index contributed by atoms with van der Waals surface area (Å²) < 4.78 is 16.6. The Morgan fingerprint density at radius 2 is 1.84 bits per heavy atom. The predicted octanol–water partition coefficient (Wildman–Crippen LogP) is 5.85. The third kappa shape index (κ3) is 5.41. The van der Waals surface area contributed by atoms with Crippen LogP contribution < -0.4 is 15.7 Å². The monoisotopic (exact) mass is 536 g/mol. The van der Waals surface area contributed by atoms with Crippen LogP contribution in [0.5, 0.6) is 5.75 Å². The summed E-state index contributed by atoms with van der Waals surface area (Å²) in [5, 5.41) is 4.51. The van der Waals surface area contributed by atoms with Crippen molar-refractivity contribution in [3.05, 3.63) is 74.7 Å². The zero-order valence-corrected chi connectivity index (χ0v) is 22.2. The van der Waals surface area contributed by atoms with Crippen molar-refractivity contribution in [2.75, 3.05) is 0 Å². The molecule has 0 unspecified atom stereocenters. The summed E-state index contributed by atoms with van der Waals surface area (Å²) >= 11 is 6.53. The predicted molar refractivity (Wildman–Crippen MR) is 145 cm³/mol. The molecule has 1 amide bonds. The topological polar surface area (TPSA) is 111 Å². The number of aromatic amines is 1. The molecule has 2 N–H and O–H groups in total. The van der Waals surface area contributed by atoms with Gasteiger partial charge in [0.25, 0.3) is 0 Å². The molecule has 0 bridgehead atoms. The first-order chi connectivity index (χ1) is 18.1. The number of H-pyrrole nitrogens is 1. The number of carbonyl (C=O) groups excluding carboxylic acids is 2. The molecule has 1 atom stereocenters. The lowest BCUT2D eigenvalue weighted by atomic mass is 9.90. The van der Waals surface area contributed by atoms with Gasteiger partial charge < -0.3 is 24.2 Å². The van der Waals surface area contributed by atoms with E-state index in [4.69, 9.17) is 25.5 Å². The molecule has 2 aromatic carbocycles. The molecule has 1 aliphatic carbocycles. The molecule has 0 radical (unpaired) electrons. The zero-order valence-electron chi connectivity index (χ0n) is 21.5. The van der Waals surface area contributed by atoms with Crippen molar-refractivity contribution < 1.29 is 23.5 Å². The van der Waals surface area contributed by atoms with Gasteiger partial charge >= 0.3 is 17.7 Å². The van der Waals surface area contributed by atoms with E-state index in [1.807, 2.05) is 24.3 Å². The first-order valence-corrected chi connectivity index (χ1v) is 13.0. The van der Waals surface area contributed by atoms with Gasteiger partial charge in [0.2, 0.25) is 0 Å². The maximum absolute atomic E-state index is 13.4. The highest BCUT2D eigenvalue weighted by atomic mass is 35.5. The Labute approximate surface area is 224 Å². The maximum Gasteiger partial charge on any atom is 0.408 e. The Kier molecular flexibility index (Phi) is 6.92.